The van der Waals surface area contributed by atoms with Gasteiger partial charge in [0.2, 0.25) is 0 Å². The molecule has 0 aromatic heterocycles. The summed E-state index contributed by atoms with van der Waals surface area (Å²) in [4.78, 5) is 26.4. The highest BCUT2D eigenvalue weighted by Crippen LogP contribution is 2.39. The van der Waals surface area contributed by atoms with Crippen molar-refractivity contribution in [3.63, 3.8) is 0 Å². The summed E-state index contributed by atoms with van der Waals surface area (Å²) in [6, 6.07) is 19.0. The zero-order valence-electron chi connectivity index (χ0n) is 22.4. The third-order valence-corrected chi connectivity index (χ3v) is 8.85. The molecule has 0 fully saturated rings. The van der Waals surface area contributed by atoms with Crippen LogP contribution in [0.25, 0.3) is 11.3 Å². The number of carbonyl (C=O) groups is 2. The van der Waals surface area contributed by atoms with E-state index in [1.165, 1.54) is 0 Å². The van der Waals surface area contributed by atoms with Gasteiger partial charge in [0, 0.05) is 29.2 Å². The molecular formula is C30H32ClN3O5S. The van der Waals surface area contributed by atoms with E-state index in [0.29, 0.717) is 51.8 Å². The van der Waals surface area contributed by atoms with Crippen molar-refractivity contribution in [2.45, 2.75) is 31.6 Å². The van der Waals surface area contributed by atoms with E-state index in [9.17, 15) is 18.0 Å². The normalized spacial score (nSPS) is 14.2. The highest BCUT2D eigenvalue weighted by atomic mass is 35.5. The molecule has 0 radical (unpaired) electrons. The Labute approximate surface area is 239 Å². The molecule has 1 aliphatic heterocycles. The molecule has 210 valence electrons. The van der Waals surface area contributed by atoms with E-state index in [-0.39, 0.29) is 23.0 Å². The van der Waals surface area contributed by atoms with E-state index in [4.69, 9.17) is 16.7 Å². The van der Waals surface area contributed by atoms with E-state index in [1.54, 1.807) is 42.5 Å². The van der Waals surface area contributed by atoms with Crippen LogP contribution in [-0.2, 0) is 25.8 Å². The number of sulfone groups is 1. The van der Waals surface area contributed by atoms with E-state index in [1.807, 2.05) is 38.1 Å². The Morgan fingerprint density at radius 3 is 2.30 bits per heavy atom. The SMILES string of the molecule is CCN(CC)CCS(=O)(=O)c1ccc(N/C(=C2\C(=O)Nc3cc(Cl)ccc32)c2ccc(CCC(=O)O)cc2)cc1. The van der Waals surface area contributed by atoms with Crippen LogP contribution < -0.4 is 10.6 Å². The molecule has 3 aromatic rings. The van der Waals surface area contributed by atoms with Crippen LogP contribution in [0.1, 0.15) is 37.0 Å². The monoisotopic (exact) mass is 581 g/mol. The third-order valence-electron chi connectivity index (χ3n) is 6.90. The van der Waals surface area contributed by atoms with Crippen LogP contribution in [0.5, 0.6) is 0 Å². The van der Waals surface area contributed by atoms with Crippen molar-refractivity contribution >= 4 is 56.0 Å². The summed E-state index contributed by atoms with van der Waals surface area (Å²) in [5.74, 6) is -1.14. The molecule has 0 saturated heterocycles. The van der Waals surface area contributed by atoms with E-state index in [2.05, 4.69) is 15.5 Å². The Balaban J connectivity index is 1.67. The van der Waals surface area contributed by atoms with Gasteiger partial charge in [0.15, 0.2) is 9.84 Å². The van der Waals surface area contributed by atoms with Crippen molar-refractivity contribution in [3.05, 3.63) is 88.4 Å². The van der Waals surface area contributed by atoms with Gasteiger partial charge in [-0.2, -0.15) is 0 Å². The predicted molar refractivity (Wildman–Crippen MR) is 159 cm³/mol. The van der Waals surface area contributed by atoms with Crippen molar-refractivity contribution in [2.75, 3.05) is 36.0 Å². The van der Waals surface area contributed by atoms with Gasteiger partial charge in [0.05, 0.1) is 27.6 Å². The van der Waals surface area contributed by atoms with Crippen LogP contribution in [0.2, 0.25) is 5.02 Å². The molecule has 0 saturated carbocycles. The lowest BCUT2D eigenvalue weighted by molar-refractivity contribution is -0.137. The molecule has 3 N–H and O–H groups in total. The Bertz CT molecular complexity index is 1530. The van der Waals surface area contributed by atoms with Crippen LogP contribution in [0.15, 0.2) is 71.6 Å². The van der Waals surface area contributed by atoms with Crippen molar-refractivity contribution < 1.29 is 23.1 Å². The number of nitrogens with one attached hydrogen (secondary N) is 2. The number of halogens is 1. The second-order valence-corrected chi connectivity index (χ2v) is 12.0. The number of aliphatic carboxylic acids is 1. The van der Waals surface area contributed by atoms with Gasteiger partial charge in [0.25, 0.3) is 5.91 Å². The van der Waals surface area contributed by atoms with Crippen LogP contribution in [-0.4, -0.2) is 55.7 Å². The Morgan fingerprint density at radius 1 is 1.00 bits per heavy atom. The first-order valence-electron chi connectivity index (χ1n) is 13.1. The lowest BCUT2D eigenvalue weighted by atomic mass is 9.98. The number of carbonyl (C=O) groups excluding carboxylic acids is 1. The van der Waals surface area contributed by atoms with Gasteiger partial charge in [-0.15, -0.1) is 0 Å². The van der Waals surface area contributed by atoms with E-state index in [0.717, 1.165) is 18.7 Å². The van der Waals surface area contributed by atoms with Gasteiger partial charge in [0.1, 0.15) is 0 Å². The average molecular weight is 582 g/mol. The molecule has 0 atom stereocenters. The van der Waals surface area contributed by atoms with E-state index < -0.39 is 15.8 Å². The lowest BCUT2D eigenvalue weighted by Gasteiger charge is -2.18. The fourth-order valence-corrected chi connectivity index (χ4v) is 6.02. The minimum Gasteiger partial charge on any atom is -0.481 e. The van der Waals surface area contributed by atoms with Gasteiger partial charge in [-0.25, -0.2) is 8.42 Å². The molecule has 8 nitrogen and oxygen atoms in total. The number of benzene rings is 3. The first kappa shape index (κ1) is 29.3. The maximum Gasteiger partial charge on any atom is 0.303 e. The number of anilines is 2. The summed E-state index contributed by atoms with van der Waals surface area (Å²) in [5, 5.41) is 15.7. The Kier molecular flexibility index (Phi) is 9.29. The number of fused-ring (bicyclic) bond motifs is 1. The zero-order chi connectivity index (χ0) is 28.9. The van der Waals surface area contributed by atoms with Crippen LogP contribution in [0.3, 0.4) is 0 Å². The van der Waals surface area contributed by atoms with Gasteiger partial charge >= 0.3 is 5.97 Å². The lowest BCUT2D eigenvalue weighted by Crippen LogP contribution is -2.29. The molecule has 0 unspecified atom stereocenters. The smallest absolute Gasteiger partial charge is 0.303 e. The minimum absolute atomic E-state index is 0.0201. The molecule has 1 aliphatic rings. The number of amides is 1. The average Bonchev–Trinajstić information content (AvgIpc) is 3.26. The topological polar surface area (TPSA) is 116 Å². The molecular weight excluding hydrogens is 550 g/mol. The second kappa shape index (κ2) is 12.7. The molecule has 40 heavy (non-hydrogen) atoms. The quantitative estimate of drug-likeness (QED) is 0.245. The molecule has 1 amide bonds. The maximum atomic E-state index is 13.2. The molecule has 1 heterocycles. The number of rotatable bonds is 12. The number of aryl methyl sites for hydroxylation is 1. The van der Waals surface area contributed by atoms with Crippen LogP contribution in [0, 0.1) is 0 Å². The highest BCUT2D eigenvalue weighted by Gasteiger charge is 2.29. The van der Waals surface area contributed by atoms with Gasteiger partial charge < -0.3 is 20.6 Å². The van der Waals surface area contributed by atoms with E-state index >= 15 is 0 Å². The van der Waals surface area contributed by atoms with Crippen molar-refractivity contribution in [1.82, 2.24) is 4.90 Å². The van der Waals surface area contributed by atoms with Gasteiger partial charge in [-0.1, -0.05) is 55.8 Å². The Hall–Kier alpha value is -3.66. The largest absolute Gasteiger partial charge is 0.481 e. The van der Waals surface area contributed by atoms with Gasteiger partial charge in [-0.05, 0) is 67.0 Å². The number of nitrogens with zero attached hydrogens (tertiary/aromatic N) is 1. The predicted octanol–water partition coefficient (Wildman–Crippen LogP) is 5.41. The maximum absolute atomic E-state index is 13.2. The third kappa shape index (κ3) is 6.91. The summed E-state index contributed by atoms with van der Waals surface area (Å²) in [6.45, 7) is 6.05. The fraction of sp³-hybridized carbons (Fsp3) is 0.267. The molecule has 10 heteroatoms. The molecule has 0 bridgehead atoms. The molecule has 0 aliphatic carbocycles. The van der Waals surface area contributed by atoms with Crippen molar-refractivity contribution in [2.24, 2.45) is 0 Å². The summed E-state index contributed by atoms with van der Waals surface area (Å²) in [6.07, 6.45) is 0.410. The first-order chi connectivity index (χ1) is 19.1. The number of carboxylic acids is 1. The van der Waals surface area contributed by atoms with Crippen LogP contribution >= 0.6 is 11.6 Å². The first-order valence-corrected chi connectivity index (χ1v) is 15.1. The fourth-order valence-electron chi connectivity index (χ4n) is 4.56. The summed E-state index contributed by atoms with van der Waals surface area (Å²) < 4.78 is 25.8. The standard InChI is InChI=1S/C30H32ClN3O5S/c1-3-34(4-2)17-18-40(38,39)24-13-11-23(12-14-24)32-29(21-8-5-20(6-9-21)7-16-27(35)36)28-25-15-10-22(31)19-26(25)33-30(28)37/h5-6,8-15,19,32H,3-4,7,16-18H2,1-2H3,(H,33,37)(H,35,36)/b29-28-. The van der Waals surface area contributed by atoms with Gasteiger partial charge in [-0.3, -0.25) is 9.59 Å². The highest BCUT2D eigenvalue weighted by molar-refractivity contribution is 7.91. The van der Waals surface area contributed by atoms with Crippen LogP contribution in [0.4, 0.5) is 11.4 Å². The summed E-state index contributed by atoms with van der Waals surface area (Å²) in [7, 11) is -3.46. The van der Waals surface area contributed by atoms with Crippen molar-refractivity contribution in [3.8, 4) is 0 Å². The summed E-state index contributed by atoms with van der Waals surface area (Å²) >= 11 is 6.15. The molecule has 0 spiro atoms. The number of carboxylic acid groups (broad SMARTS) is 1. The molecule has 3 aromatic carbocycles. The summed E-state index contributed by atoms with van der Waals surface area (Å²) in [5.41, 5.74) is 4.40. The second-order valence-electron chi connectivity index (χ2n) is 9.48. The number of hydrogen-bond donors (Lipinski definition) is 3. The Morgan fingerprint density at radius 2 is 1.68 bits per heavy atom. The zero-order valence-corrected chi connectivity index (χ0v) is 24.0. The number of hydrogen-bond acceptors (Lipinski definition) is 6. The minimum atomic E-state index is -3.46. The molecule has 4 rings (SSSR count). The van der Waals surface area contributed by atoms with Crippen molar-refractivity contribution in [1.29, 1.82) is 0 Å².